The summed E-state index contributed by atoms with van der Waals surface area (Å²) in [5, 5.41) is 7.04. The maximum Gasteiger partial charge on any atom is 0.253 e. The Bertz CT molecular complexity index is 519. The Morgan fingerprint density at radius 1 is 1.47 bits per heavy atom. The molecule has 0 saturated carbocycles. The van der Waals surface area contributed by atoms with Crippen molar-refractivity contribution in [2.75, 3.05) is 0 Å². The Labute approximate surface area is 112 Å². The minimum absolute atomic E-state index is 0.0829. The van der Waals surface area contributed by atoms with Crippen LogP contribution < -0.4 is 5.32 Å². The van der Waals surface area contributed by atoms with Gasteiger partial charge in [0.15, 0.2) is 5.82 Å². The van der Waals surface area contributed by atoms with Crippen molar-refractivity contribution in [2.45, 2.75) is 32.7 Å². The standard InChI is InChI=1S/C14H18N4O/c1-3-5-11(2)17-14(19)12-6-7-13(15-10-12)18-9-4-8-16-18/h4,6-11H,3,5H2,1-2H3,(H,17,19). The zero-order valence-electron chi connectivity index (χ0n) is 11.2. The van der Waals surface area contributed by atoms with Gasteiger partial charge in [0.25, 0.3) is 5.91 Å². The van der Waals surface area contributed by atoms with E-state index in [9.17, 15) is 4.79 Å². The van der Waals surface area contributed by atoms with E-state index in [1.54, 1.807) is 29.2 Å². The molecule has 5 nitrogen and oxygen atoms in total. The van der Waals surface area contributed by atoms with Crippen molar-refractivity contribution in [3.05, 3.63) is 42.4 Å². The quantitative estimate of drug-likeness (QED) is 0.894. The maximum absolute atomic E-state index is 12.0. The second-order valence-electron chi connectivity index (χ2n) is 4.52. The van der Waals surface area contributed by atoms with Crippen LogP contribution in [0.15, 0.2) is 36.8 Å². The topological polar surface area (TPSA) is 59.8 Å². The van der Waals surface area contributed by atoms with E-state index in [2.05, 4.69) is 22.3 Å². The van der Waals surface area contributed by atoms with Gasteiger partial charge in [-0.05, 0) is 31.5 Å². The van der Waals surface area contributed by atoms with Crippen LogP contribution >= 0.6 is 0 Å². The van der Waals surface area contributed by atoms with Crippen LogP contribution in [-0.2, 0) is 0 Å². The molecule has 2 aromatic heterocycles. The van der Waals surface area contributed by atoms with Gasteiger partial charge in [0.2, 0.25) is 0 Å². The van der Waals surface area contributed by atoms with Crippen molar-refractivity contribution in [3.8, 4) is 5.82 Å². The number of hydrogen-bond acceptors (Lipinski definition) is 3. The van der Waals surface area contributed by atoms with Crippen LogP contribution in [0.1, 0.15) is 37.0 Å². The molecular formula is C14H18N4O. The molecule has 0 saturated heterocycles. The summed E-state index contributed by atoms with van der Waals surface area (Å²) in [6.45, 7) is 4.11. The monoisotopic (exact) mass is 258 g/mol. The molecule has 2 heterocycles. The van der Waals surface area contributed by atoms with Gasteiger partial charge in [-0.15, -0.1) is 0 Å². The SMILES string of the molecule is CCCC(C)NC(=O)c1ccc(-n2cccn2)nc1. The molecule has 100 valence electrons. The van der Waals surface area contributed by atoms with Gasteiger partial charge in [-0.3, -0.25) is 4.79 Å². The number of hydrogen-bond donors (Lipinski definition) is 1. The highest BCUT2D eigenvalue weighted by atomic mass is 16.1. The molecule has 0 fully saturated rings. The molecule has 0 aliphatic heterocycles. The molecule has 0 radical (unpaired) electrons. The molecular weight excluding hydrogens is 240 g/mol. The molecule has 2 aromatic rings. The summed E-state index contributed by atoms with van der Waals surface area (Å²) in [6.07, 6.45) is 7.10. The zero-order chi connectivity index (χ0) is 13.7. The molecule has 5 heteroatoms. The first-order chi connectivity index (χ1) is 9.20. The van der Waals surface area contributed by atoms with Gasteiger partial charge in [-0.1, -0.05) is 13.3 Å². The van der Waals surface area contributed by atoms with E-state index in [1.165, 1.54) is 0 Å². The molecule has 2 rings (SSSR count). The van der Waals surface area contributed by atoms with Gasteiger partial charge in [0.1, 0.15) is 0 Å². The van der Waals surface area contributed by atoms with Gasteiger partial charge in [-0.2, -0.15) is 5.10 Å². The first-order valence-corrected chi connectivity index (χ1v) is 6.47. The van der Waals surface area contributed by atoms with E-state index in [4.69, 9.17) is 0 Å². The number of carbonyl (C=O) groups is 1. The molecule has 19 heavy (non-hydrogen) atoms. The number of nitrogens with one attached hydrogen (secondary N) is 1. The molecule has 0 aliphatic carbocycles. The first-order valence-electron chi connectivity index (χ1n) is 6.47. The fraction of sp³-hybridized carbons (Fsp3) is 0.357. The van der Waals surface area contributed by atoms with Crippen molar-refractivity contribution < 1.29 is 4.79 Å². The summed E-state index contributed by atoms with van der Waals surface area (Å²) in [5.41, 5.74) is 0.568. The van der Waals surface area contributed by atoms with Crippen LogP contribution in [0.3, 0.4) is 0 Å². The van der Waals surface area contributed by atoms with Crippen LogP contribution in [0.25, 0.3) is 5.82 Å². The van der Waals surface area contributed by atoms with Gasteiger partial charge >= 0.3 is 0 Å². The summed E-state index contributed by atoms with van der Waals surface area (Å²) in [5.74, 6) is 0.614. The normalized spacial score (nSPS) is 12.1. The average Bonchev–Trinajstić information content (AvgIpc) is 2.93. The van der Waals surface area contributed by atoms with Crippen LogP contribution in [0.5, 0.6) is 0 Å². The fourth-order valence-corrected chi connectivity index (χ4v) is 1.87. The highest BCUT2D eigenvalue weighted by Crippen LogP contribution is 2.05. The third-order valence-corrected chi connectivity index (χ3v) is 2.85. The number of pyridine rings is 1. The lowest BCUT2D eigenvalue weighted by atomic mass is 10.2. The largest absolute Gasteiger partial charge is 0.350 e. The molecule has 0 aromatic carbocycles. The van der Waals surface area contributed by atoms with Gasteiger partial charge in [-0.25, -0.2) is 9.67 Å². The summed E-state index contributed by atoms with van der Waals surface area (Å²) < 4.78 is 1.65. The van der Waals surface area contributed by atoms with E-state index in [1.807, 2.05) is 19.2 Å². The molecule has 1 unspecified atom stereocenters. The Morgan fingerprint density at radius 3 is 2.89 bits per heavy atom. The third-order valence-electron chi connectivity index (χ3n) is 2.85. The molecule has 1 atom stereocenters. The maximum atomic E-state index is 12.0. The minimum atomic E-state index is -0.0829. The Hall–Kier alpha value is -2.17. The molecule has 0 bridgehead atoms. The number of rotatable bonds is 5. The lowest BCUT2D eigenvalue weighted by Gasteiger charge is -2.12. The highest BCUT2D eigenvalue weighted by Gasteiger charge is 2.09. The number of nitrogens with zero attached hydrogens (tertiary/aromatic N) is 3. The van der Waals surface area contributed by atoms with Crippen molar-refractivity contribution in [3.63, 3.8) is 0 Å². The molecule has 0 spiro atoms. The lowest BCUT2D eigenvalue weighted by molar-refractivity contribution is 0.0938. The average molecular weight is 258 g/mol. The van der Waals surface area contributed by atoms with E-state index in [0.717, 1.165) is 12.8 Å². The summed E-state index contributed by atoms with van der Waals surface area (Å²) in [4.78, 5) is 16.2. The van der Waals surface area contributed by atoms with Crippen molar-refractivity contribution in [2.24, 2.45) is 0 Å². The summed E-state index contributed by atoms with van der Waals surface area (Å²) in [6, 6.07) is 5.56. The minimum Gasteiger partial charge on any atom is -0.350 e. The predicted molar refractivity (Wildman–Crippen MR) is 73.2 cm³/mol. The Morgan fingerprint density at radius 2 is 2.32 bits per heavy atom. The summed E-state index contributed by atoms with van der Waals surface area (Å²) >= 11 is 0. The van der Waals surface area contributed by atoms with Gasteiger partial charge < -0.3 is 5.32 Å². The van der Waals surface area contributed by atoms with Gasteiger partial charge in [0, 0.05) is 24.6 Å². The van der Waals surface area contributed by atoms with Crippen LogP contribution in [0.2, 0.25) is 0 Å². The van der Waals surface area contributed by atoms with E-state index in [-0.39, 0.29) is 11.9 Å². The third kappa shape index (κ3) is 3.40. The van der Waals surface area contributed by atoms with Crippen molar-refractivity contribution in [1.29, 1.82) is 0 Å². The zero-order valence-corrected chi connectivity index (χ0v) is 11.2. The molecule has 0 aliphatic rings. The number of aromatic nitrogens is 3. The van der Waals surface area contributed by atoms with Crippen molar-refractivity contribution in [1.82, 2.24) is 20.1 Å². The van der Waals surface area contributed by atoms with Crippen LogP contribution in [0, 0.1) is 0 Å². The van der Waals surface area contributed by atoms with E-state index < -0.39 is 0 Å². The lowest BCUT2D eigenvalue weighted by Crippen LogP contribution is -2.32. The van der Waals surface area contributed by atoms with Gasteiger partial charge in [0.05, 0.1) is 5.56 Å². The predicted octanol–water partition coefficient (Wildman–Crippen LogP) is 2.19. The van der Waals surface area contributed by atoms with Crippen molar-refractivity contribution >= 4 is 5.91 Å². The fourth-order valence-electron chi connectivity index (χ4n) is 1.87. The highest BCUT2D eigenvalue weighted by molar-refractivity contribution is 5.94. The van der Waals surface area contributed by atoms with E-state index in [0.29, 0.717) is 11.4 Å². The first kappa shape index (κ1) is 13.3. The summed E-state index contributed by atoms with van der Waals surface area (Å²) in [7, 11) is 0. The van der Waals surface area contributed by atoms with E-state index >= 15 is 0 Å². The van der Waals surface area contributed by atoms with Crippen LogP contribution in [-0.4, -0.2) is 26.7 Å². The molecule has 1 amide bonds. The molecule has 1 N–H and O–H groups in total. The second kappa shape index (κ2) is 6.13. The number of carbonyl (C=O) groups excluding carboxylic acids is 1. The second-order valence-corrected chi connectivity index (χ2v) is 4.52. The number of amides is 1. The Balaban J connectivity index is 2.04. The smallest absolute Gasteiger partial charge is 0.253 e. The van der Waals surface area contributed by atoms with Crippen LogP contribution in [0.4, 0.5) is 0 Å². The Kier molecular flexibility index (Phi) is 4.28.